The Hall–Kier alpha value is -2.44. The predicted molar refractivity (Wildman–Crippen MR) is 110 cm³/mol. The van der Waals surface area contributed by atoms with E-state index in [9.17, 15) is 13.2 Å². The van der Waals surface area contributed by atoms with Gasteiger partial charge in [0.2, 0.25) is 5.88 Å². The number of nitrogens with zero attached hydrogens (tertiary/aromatic N) is 2. The quantitative estimate of drug-likeness (QED) is 0.255. The smallest absolute Gasteiger partial charge is 0.417 e. The van der Waals surface area contributed by atoms with Crippen molar-refractivity contribution < 1.29 is 27.4 Å². The second-order valence-electron chi connectivity index (χ2n) is 5.19. The first kappa shape index (κ1) is 23.6. The molecule has 28 heavy (non-hydrogen) atoms. The van der Waals surface area contributed by atoms with E-state index in [1.54, 1.807) is 18.2 Å². The van der Waals surface area contributed by atoms with Gasteiger partial charge in [0.15, 0.2) is 17.5 Å². The van der Waals surface area contributed by atoms with Gasteiger partial charge in [-0.15, -0.1) is 24.0 Å². The van der Waals surface area contributed by atoms with Crippen LogP contribution in [0.5, 0.6) is 17.4 Å². The first-order valence-electron chi connectivity index (χ1n) is 7.78. The molecule has 7 nitrogen and oxygen atoms in total. The van der Waals surface area contributed by atoms with Gasteiger partial charge in [0.25, 0.3) is 0 Å². The van der Waals surface area contributed by atoms with Crippen molar-refractivity contribution in [2.45, 2.75) is 6.18 Å². The number of nitrogens with two attached hydrogens (primary N) is 1. The molecule has 1 heterocycles. The molecule has 0 radical (unpaired) electrons. The van der Waals surface area contributed by atoms with Gasteiger partial charge in [-0.1, -0.05) is 0 Å². The van der Waals surface area contributed by atoms with Crippen molar-refractivity contribution in [3.8, 4) is 17.4 Å². The van der Waals surface area contributed by atoms with Crippen LogP contribution in [0.3, 0.4) is 0 Å². The van der Waals surface area contributed by atoms with Crippen LogP contribution < -0.4 is 25.3 Å². The summed E-state index contributed by atoms with van der Waals surface area (Å²) in [6, 6.07) is 7.21. The van der Waals surface area contributed by atoms with Gasteiger partial charge in [-0.2, -0.15) is 13.2 Å². The van der Waals surface area contributed by atoms with Crippen LogP contribution in [0.25, 0.3) is 0 Å². The first-order chi connectivity index (χ1) is 12.8. The van der Waals surface area contributed by atoms with Crippen molar-refractivity contribution in [2.75, 3.05) is 32.7 Å². The third-order valence-corrected chi connectivity index (χ3v) is 3.34. The lowest BCUT2D eigenvalue weighted by molar-refractivity contribution is -0.137. The van der Waals surface area contributed by atoms with E-state index in [1.807, 2.05) is 0 Å². The largest absolute Gasteiger partial charge is 0.493 e. The first-order valence-corrected chi connectivity index (χ1v) is 7.78. The monoisotopic (exact) mass is 512 g/mol. The van der Waals surface area contributed by atoms with Crippen molar-refractivity contribution in [3.63, 3.8) is 0 Å². The summed E-state index contributed by atoms with van der Waals surface area (Å²) >= 11 is 0. The van der Waals surface area contributed by atoms with E-state index < -0.39 is 11.7 Å². The maximum atomic E-state index is 12.4. The second-order valence-corrected chi connectivity index (χ2v) is 5.19. The number of pyridine rings is 1. The molecule has 0 saturated carbocycles. The van der Waals surface area contributed by atoms with E-state index in [0.717, 1.165) is 12.1 Å². The molecule has 1 aromatic heterocycles. The molecule has 3 N–H and O–H groups in total. The molecule has 11 heteroatoms. The number of guanidine groups is 1. The fraction of sp³-hybridized carbons (Fsp3) is 0.294. The summed E-state index contributed by atoms with van der Waals surface area (Å²) in [5, 5.41) is 2.89. The molecule has 2 aromatic rings. The molecule has 0 aliphatic carbocycles. The lowest BCUT2D eigenvalue weighted by Crippen LogP contribution is -2.23. The summed E-state index contributed by atoms with van der Waals surface area (Å²) in [7, 11) is 3.05. The summed E-state index contributed by atoms with van der Waals surface area (Å²) in [6.45, 7) is 0.293. The van der Waals surface area contributed by atoms with E-state index in [0.29, 0.717) is 23.4 Å². The number of aliphatic imine (C=N–C) groups is 1. The molecule has 1 aromatic carbocycles. The number of halogens is 4. The topological polar surface area (TPSA) is 91.0 Å². The van der Waals surface area contributed by atoms with Gasteiger partial charge < -0.3 is 25.3 Å². The van der Waals surface area contributed by atoms with Gasteiger partial charge in [-0.05, 0) is 18.2 Å². The van der Waals surface area contributed by atoms with Gasteiger partial charge in [0.05, 0.1) is 26.3 Å². The van der Waals surface area contributed by atoms with Gasteiger partial charge in [-0.25, -0.2) is 9.98 Å². The number of alkyl halides is 3. The van der Waals surface area contributed by atoms with Gasteiger partial charge in [0.1, 0.15) is 6.61 Å². The van der Waals surface area contributed by atoms with Crippen LogP contribution >= 0.6 is 24.0 Å². The number of ether oxygens (including phenoxy) is 3. The molecule has 0 unspecified atom stereocenters. The van der Waals surface area contributed by atoms with E-state index in [1.165, 1.54) is 14.2 Å². The Labute approximate surface area is 177 Å². The van der Waals surface area contributed by atoms with E-state index in [-0.39, 0.29) is 49.0 Å². The minimum Gasteiger partial charge on any atom is -0.493 e. The number of methoxy groups -OCH3 is 2. The van der Waals surface area contributed by atoms with Crippen LogP contribution in [-0.2, 0) is 6.18 Å². The van der Waals surface area contributed by atoms with Crippen molar-refractivity contribution in [1.29, 1.82) is 0 Å². The Bertz CT molecular complexity index is 786. The van der Waals surface area contributed by atoms with Gasteiger partial charge in [-0.3, -0.25) is 0 Å². The second kappa shape index (κ2) is 10.8. The maximum Gasteiger partial charge on any atom is 0.417 e. The molecule has 0 aliphatic heterocycles. The normalized spacial score (nSPS) is 11.4. The van der Waals surface area contributed by atoms with Crippen molar-refractivity contribution in [1.82, 2.24) is 4.98 Å². The fourth-order valence-electron chi connectivity index (χ4n) is 2.05. The van der Waals surface area contributed by atoms with Crippen LogP contribution in [0.1, 0.15) is 5.56 Å². The summed E-state index contributed by atoms with van der Waals surface area (Å²) in [5.41, 5.74) is 5.60. The standard InChI is InChI=1S/C17H19F3N4O3.HI/c1-25-13-5-4-12(9-14(13)26-2)24-16(21)22-7-8-27-15-6-3-11(10-23-15)17(18,19)20;/h3-6,9-10H,7-8H2,1-2H3,(H3,21,22,24);1H. The molecule has 0 aliphatic rings. The average Bonchev–Trinajstić information content (AvgIpc) is 2.64. The lowest BCUT2D eigenvalue weighted by Gasteiger charge is -2.11. The minimum atomic E-state index is -4.43. The van der Waals surface area contributed by atoms with Crippen LogP contribution in [-0.4, -0.2) is 38.3 Å². The third-order valence-electron chi connectivity index (χ3n) is 3.34. The highest BCUT2D eigenvalue weighted by Crippen LogP contribution is 2.30. The molecule has 0 bridgehead atoms. The molecular weight excluding hydrogens is 492 g/mol. The number of anilines is 1. The van der Waals surface area contributed by atoms with Crippen LogP contribution in [0, 0.1) is 0 Å². The Morgan fingerprint density at radius 3 is 2.43 bits per heavy atom. The highest BCUT2D eigenvalue weighted by atomic mass is 127. The van der Waals surface area contributed by atoms with E-state index >= 15 is 0 Å². The molecule has 154 valence electrons. The van der Waals surface area contributed by atoms with Crippen LogP contribution in [0.4, 0.5) is 18.9 Å². The lowest BCUT2D eigenvalue weighted by atomic mass is 10.3. The number of benzene rings is 1. The summed E-state index contributed by atoms with van der Waals surface area (Å²) in [5.74, 6) is 1.33. The Kier molecular flexibility index (Phi) is 9.09. The number of hydrogen-bond acceptors (Lipinski definition) is 5. The van der Waals surface area contributed by atoms with E-state index in [4.69, 9.17) is 19.9 Å². The fourth-order valence-corrected chi connectivity index (χ4v) is 2.05. The Morgan fingerprint density at radius 1 is 1.14 bits per heavy atom. The SMILES string of the molecule is COc1ccc(NC(N)=NCCOc2ccc(C(F)(F)F)cn2)cc1OC.I. The number of aromatic nitrogens is 1. The number of hydrogen-bond donors (Lipinski definition) is 2. The van der Waals surface area contributed by atoms with Crippen molar-refractivity contribution >= 4 is 35.6 Å². The van der Waals surface area contributed by atoms with Gasteiger partial charge in [0, 0.05) is 24.0 Å². The maximum absolute atomic E-state index is 12.4. The molecular formula is C17H20F3IN4O3. The molecule has 0 spiro atoms. The van der Waals surface area contributed by atoms with Gasteiger partial charge >= 0.3 is 6.18 Å². The molecule has 0 saturated heterocycles. The predicted octanol–water partition coefficient (Wildman–Crippen LogP) is 3.54. The molecule has 0 fully saturated rings. The summed E-state index contributed by atoms with van der Waals surface area (Å²) in [4.78, 5) is 7.67. The number of rotatable bonds is 7. The summed E-state index contributed by atoms with van der Waals surface area (Å²) < 4.78 is 52.9. The zero-order valence-electron chi connectivity index (χ0n) is 15.1. The molecule has 0 amide bonds. The highest BCUT2D eigenvalue weighted by Gasteiger charge is 2.30. The molecule has 2 rings (SSSR count). The van der Waals surface area contributed by atoms with Crippen LogP contribution in [0.15, 0.2) is 41.5 Å². The number of nitrogens with one attached hydrogen (secondary N) is 1. The summed E-state index contributed by atoms with van der Waals surface area (Å²) in [6.07, 6.45) is -3.72. The van der Waals surface area contributed by atoms with Crippen molar-refractivity contribution in [3.05, 3.63) is 42.1 Å². The minimum absolute atomic E-state index is 0. The zero-order valence-corrected chi connectivity index (χ0v) is 17.4. The van der Waals surface area contributed by atoms with E-state index in [2.05, 4.69) is 15.3 Å². The Balaban J connectivity index is 0.00000392. The van der Waals surface area contributed by atoms with Crippen LogP contribution in [0.2, 0.25) is 0 Å². The highest BCUT2D eigenvalue weighted by molar-refractivity contribution is 14.0. The van der Waals surface area contributed by atoms with Crippen molar-refractivity contribution in [2.24, 2.45) is 10.7 Å². The average molecular weight is 512 g/mol. The molecule has 0 atom stereocenters. The Morgan fingerprint density at radius 2 is 1.86 bits per heavy atom. The zero-order chi connectivity index (χ0) is 19.9. The third kappa shape index (κ3) is 6.94.